The van der Waals surface area contributed by atoms with Crippen molar-refractivity contribution in [3.8, 4) is 11.5 Å². The smallest absolute Gasteiger partial charge is 0.340 e. The van der Waals surface area contributed by atoms with E-state index in [4.69, 9.17) is 13.9 Å². The van der Waals surface area contributed by atoms with Crippen LogP contribution in [0.15, 0.2) is 57.8 Å². The highest BCUT2D eigenvalue weighted by Crippen LogP contribution is 2.29. The van der Waals surface area contributed by atoms with Crippen molar-refractivity contribution in [2.75, 3.05) is 20.3 Å². The Balaban J connectivity index is 1.70. The Labute approximate surface area is 187 Å². The molecule has 0 unspecified atom stereocenters. The van der Waals surface area contributed by atoms with Crippen LogP contribution in [0.1, 0.15) is 29.2 Å². The van der Waals surface area contributed by atoms with Gasteiger partial charge in [-0.2, -0.15) is 0 Å². The van der Waals surface area contributed by atoms with Gasteiger partial charge in [0.1, 0.15) is 23.7 Å². The van der Waals surface area contributed by atoms with Crippen molar-refractivity contribution in [1.82, 2.24) is 5.32 Å². The quantitative estimate of drug-likeness (QED) is 0.401. The zero-order valence-corrected chi connectivity index (χ0v) is 19.0. The third-order valence-corrected chi connectivity index (χ3v) is 5.36. The lowest BCUT2D eigenvalue weighted by molar-refractivity contribution is -0.120. The van der Waals surface area contributed by atoms with E-state index in [0.717, 1.165) is 33.4 Å². The first kappa shape index (κ1) is 23.1. The molecule has 3 aromatic rings. The lowest BCUT2D eigenvalue weighted by Crippen LogP contribution is -2.29. The Bertz CT molecular complexity index is 1190. The minimum absolute atomic E-state index is 0.0281. The highest BCUT2D eigenvalue weighted by Gasteiger charge is 2.17. The second-order valence-electron chi connectivity index (χ2n) is 7.93. The summed E-state index contributed by atoms with van der Waals surface area (Å²) in [5.41, 5.74) is 3.84. The van der Waals surface area contributed by atoms with Crippen LogP contribution < -0.4 is 20.4 Å². The van der Waals surface area contributed by atoms with Gasteiger partial charge < -0.3 is 19.2 Å². The highest BCUT2D eigenvalue weighted by atomic mass is 16.5. The van der Waals surface area contributed by atoms with Crippen molar-refractivity contribution in [3.05, 3.63) is 81.2 Å². The predicted octanol–water partition coefficient (Wildman–Crippen LogP) is 4.27. The van der Waals surface area contributed by atoms with E-state index in [-0.39, 0.29) is 12.3 Å². The maximum Gasteiger partial charge on any atom is 0.340 e. The van der Waals surface area contributed by atoms with Crippen molar-refractivity contribution in [2.45, 2.75) is 33.6 Å². The van der Waals surface area contributed by atoms with Crippen LogP contribution in [-0.2, 0) is 17.6 Å². The SMILES string of the molecule is C=C(C)COc1ccc2c(C)c(CC(=O)NCCc3ccc(OC)cc3)c(=O)oc2c1C. The number of hydrogen-bond donors (Lipinski definition) is 1. The number of nitrogens with one attached hydrogen (secondary N) is 1. The van der Waals surface area contributed by atoms with Crippen LogP contribution in [-0.4, -0.2) is 26.2 Å². The van der Waals surface area contributed by atoms with E-state index in [2.05, 4.69) is 11.9 Å². The van der Waals surface area contributed by atoms with E-state index in [1.54, 1.807) is 7.11 Å². The van der Waals surface area contributed by atoms with Crippen LogP contribution in [0, 0.1) is 13.8 Å². The molecule has 0 bridgehead atoms. The van der Waals surface area contributed by atoms with Crippen molar-refractivity contribution in [1.29, 1.82) is 0 Å². The Morgan fingerprint density at radius 2 is 1.81 bits per heavy atom. The normalized spacial score (nSPS) is 10.8. The molecule has 0 radical (unpaired) electrons. The van der Waals surface area contributed by atoms with Gasteiger partial charge in [0.15, 0.2) is 0 Å². The number of rotatable bonds is 9. The lowest BCUT2D eigenvalue weighted by Gasteiger charge is -2.13. The summed E-state index contributed by atoms with van der Waals surface area (Å²) in [6.45, 7) is 10.3. The highest BCUT2D eigenvalue weighted by molar-refractivity contribution is 5.87. The lowest BCUT2D eigenvalue weighted by atomic mass is 10.0. The topological polar surface area (TPSA) is 77.8 Å². The summed E-state index contributed by atoms with van der Waals surface area (Å²) < 4.78 is 16.5. The van der Waals surface area contributed by atoms with Gasteiger partial charge in [-0.1, -0.05) is 18.7 Å². The van der Waals surface area contributed by atoms with E-state index in [0.29, 0.717) is 36.5 Å². The van der Waals surface area contributed by atoms with Gasteiger partial charge in [-0.25, -0.2) is 4.79 Å². The van der Waals surface area contributed by atoms with Gasteiger partial charge in [-0.3, -0.25) is 4.79 Å². The molecule has 1 N–H and O–H groups in total. The van der Waals surface area contributed by atoms with Gasteiger partial charge in [-0.15, -0.1) is 0 Å². The van der Waals surface area contributed by atoms with E-state index in [1.807, 2.05) is 57.2 Å². The number of amides is 1. The van der Waals surface area contributed by atoms with Crippen LogP contribution in [0.5, 0.6) is 11.5 Å². The number of benzene rings is 2. The van der Waals surface area contributed by atoms with Crippen LogP contribution in [0.4, 0.5) is 0 Å². The minimum Gasteiger partial charge on any atom is -0.497 e. The number of methoxy groups -OCH3 is 1. The van der Waals surface area contributed by atoms with E-state index in [9.17, 15) is 9.59 Å². The zero-order chi connectivity index (χ0) is 23.3. The Hall–Kier alpha value is -3.54. The third kappa shape index (κ3) is 5.38. The number of aryl methyl sites for hydroxylation is 2. The van der Waals surface area contributed by atoms with Crippen molar-refractivity contribution >= 4 is 16.9 Å². The van der Waals surface area contributed by atoms with Gasteiger partial charge in [0.25, 0.3) is 0 Å². The first-order chi connectivity index (χ1) is 15.3. The van der Waals surface area contributed by atoms with E-state index < -0.39 is 5.63 Å². The predicted molar refractivity (Wildman–Crippen MR) is 126 cm³/mol. The minimum atomic E-state index is -0.500. The molecule has 2 aromatic carbocycles. The number of hydrogen-bond acceptors (Lipinski definition) is 5. The largest absolute Gasteiger partial charge is 0.497 e. The summed E-state index contributed by atoms with van der Waals surface area (Å²) in [4.78, 5) is 25.1. The van der Waals surface area contributed by atoms with Crippen molar-refractivity contribution in [2.24, 2.45) is 0 Å². The number of carbonyl (C=O) groups is 1. The summed E-state index contributed by atoms with van der Waals surface area (Å²) in [5.74, 6) is 1.22. The first-order valence-corrected chi connectivity index (χ1v) is 10.5. The molecule has 6 heteroatoms. The number of ether oxygens (including phenoxy) is 2. The molecule has 0 saturated carbocycles. The fourth-order valence-electron chi connectivity index (χ4n) is 3.49. The van der Waals surface area contributed by atoms with E-state index >= 15 is 0 Å². The summed E-state index contributed by atoms with van der Waals surface area (Å²) in [6, 6.07) is 11.4. The first-order valence-electron chi connectivity index (χ1n) is 10.5. The maximum absolute atomic E-state index is 12.7. The van der Waals surface area contributed by atoms with Crippen LogP contribution >= 0.6 is 0 Å². The molecule has 6 nitrogen and oxygen atoms in total. The fourth-order valence-corrected chi connectivity index (χ4v) is 3.49. The van der Waals surface area contributed by atoms with E-state index in [1.165, 1.54) is 0 Å². The summed E-state index contributed by atoms with van der Waals surface area (Å²) in [7, 11) is 1.62. The molecule has 0 saturated heterocycles. The molecule has 1 heterocycles. The molecule has 0 fully saturated rings. The average molecular weight is 436 g/mol. The van der Waals surface area contributed by atoms with Gasteiger partial charge in [-0.05, 0) is 68.2 Å². The zero-order valence-electron chi connectivity index (χ0n) is 19.0. The van der Waals surface area contributed by atoms with Crippen molar-refractivity contribution < 1.29 is 18.7 Å². The van der Waals surface area contributed by atoms with Crippen LogP contribution in [0.25, 0.3) is 11.0 Å². The third-order valence-electron chi connectivity index (χ3n) is 5.36. The molecule has 0 aliphatic rings. The number of fused-ring (bicyclic) bond motifs is 1. The van der Waals surface area contributed by atoms with Gasteiger partial charge >= 0.3 is 5.63 Å². The molecular formula is C26H29NO5. The Morgan fingerprint density at radius 3 is 2.47 bits per heavy atom. The molecule has 32 heavy (non-hydrogen) atoms. The maximum atomic E-state index is 12.7. The second-order valence-corrected chi connectivity index (χ2v) is 7.93. The Morgan fingerprint density at radius 1 is 1.09 bits per heavy atom. The fraction of sp³-hybridized carbons (Fsp3) is 0.308. The molecule has 0 aliphatic heterocycles. The standard InChI is InChI=1S/C26H29NO5/c1-16(2)15-31-23-11-10-21-17(3)22(26(29)32-25(21)18(23)4)14-24(28)27-13-12-19-6-8-20(30-5)9-7-19/h6-11H,1,12-15H2,2-5H3,(H,27,28). The Kier molecular flexibility index (Phi) is 7.36. The molecule has 168 valence electrons. The molecule has 3 rings (SSSR count). The molecule has 0 aliphatic carbocycles. The molecule has 0 atom stereocenters. The summed E-state index contributed by atoms with van der Waals surface area (Å²) >= 11 is 0. The number of carbonyl (C=O) groups excluding carboxylic acids is 1. The summed E-state index contributed by atoms with van der Waals surface area (Å²) in [5, 5.41) is 3.68. The van der Waals surface area contributed by atoms with Gasteiger partial charge in [0.2, 0.25) is 5.91 Å². The van der Waals surface area contributed by atoms with Crippen LogP contribution in [0.3, 0.4) is 0 Å². The summed E-state index contributed by atoms with van der Waals surface area (Å²) in [6.07, 6.45) is 0.660. The van der Waals surface area contributed by atoms with Gasteiger partial charge in [0, 0.05) is 17.5 Å². The average Bonchev–Trinajstić information content (AvgIpc) is 2.77. The van der Waals surface area contributed by atoms with Crippen molar-refractivity contribution in [3.63, 3.8) is 0 Å². The molecule has 1 aromatic heterocycles. The monoisotopic (exact) mass is 435 g/mol. The molecule has 0 spiro atoms. The van der Waals surface area contributed by atoms with Gasteiger partial charge in [0.05, 0.1) is 19.1 Å². The molecular weight excluding hydrogens is 406 g/mol. The molecule has 1 amide bonds. The second kappa shape index (κ2) is 10.2. The van der Waals surface area contributed by atoms with Crippen LogP contribution in [0.2, 0.25) is 0 Å².